The van der Waals surface area contributed by atoms with Crippen LogP contribution in [-0.2, 0) is 20.9 Å². The molecule has 1 saturated heterocycles. The van der Waals surface area contributed by atoms with Crippen molar-refractivity contribution >= 4 is 17.7 Å². The second-order valence-corrected chi connectivity index (χ2v) is 8.01. The van der Waals surface area contributed by atoms with Gasteiger partial charge in [-0.15, -0.1) is 0 Å². The lowest BCUT2D eigenvalue weighted by atomic mass is 9.87. The third kappa shape index (κ3) is 6.08. The van der Waals surface area contributed by atoms with Crippen LogP contribution in [-0.4, -0.2) is 42.3 Å². The summed E-state index contributed by atoms with van der Waals surface area (Å²) in [7, 11) is 0. The van der Waals surface area contributed by atoms with Crippen LogP contribution in [0.15, 0.2) is 30.3 Å². The number of likely N-dealkylation sites (tertiary alicyclic amines) is 1. The number of nitrogens with one attached hydrogen (secondary N) is 2. The Balaban J connectivity index is 1.32. The molecule has 1 aliphatic heterocycles. The Morgan fingerprint density at radius 3 is 2.46 bits per heavy atom. The lowest BCUT2D eigenvalue weighted by Crippen LogP contribution is -2.38. The van der Waals surface area contributed by atoms with Gasteiger partial charge in [0.2, 0.25) is 17.7 Å². The van der Waals surface area contributed by atoms with Crippen LogP contribution < -0.4 is 10.6 Å². The molecule has 2 N–H and O–H groups in total. The Hall–Kier alpha value is -2.37. The molecule has 28 heavy (non-hydrogen) atoms. The van der Waals surface area contributed by atoms with Gasteiger partial charge in [-0.25, -0.2) is 0 Å². The highest BCUT2D eigenvalue weighted by Gasteiger charge is 2.34. The Morgan fingerprint density at radius 2 is 1.71 bits per heavy atom. The topological polar surface area (TPSA) is 78.5 Å². The van der Waals surface area contributed by atoms with Gasteiger partial charge in [0, 0.05) is 39.0 Å². The van der Waals surface area contributed by atoms with Gasteiger partial charge in [0.15, 0.2) is 0 Å². The highest BCUT2D eigenvalue weighted by Crippen LogP contribution is 2.26. The molecule has 0 radical (unpaired) electrons. The molecule has 1 aromatic carbocycles. The van der Waals surface area contributed by atoms with Crippen LogP contribution in [0.1, 0.15) is 50.5 Å². The predicted molar refractivity (Wildman–Crippen MR) is 107 cm³/mol. The molecule has 6 nitrogen and oxygen atoms in total. The lowest BCUT2D eigenvalue weighted by molar-refractivity contribution is -0.129. The highest BCUT2D eigenvalue weighted by molar-refractivity contribution is 5.89. The van der Waals surface area contributed by atoms with Crippen molar-refractivity contribution < 1.29 is 14.4 Å². The van der Waals surface area contributed by atoms with Crippen molar-refractivity contribution in [3.63, 3.8) is 0 Å². The molecule has 0 aromatic heterocycles. The van der Waals surface area contributed by atoms with E-state index in [1.165, 1.54) is 19.3 Å². The standard InChI is InChI=1S/C22H31N3O3/c26-20(13-17-7-3-1-4-8-17)23-11-12-24-22(28)19-14-21(27)25(16-19)15-18-9-5-2-6-10-18/h2,5-6,9-10,17,19H,1,3-4,7-8,11-16H2,(H,23,26)(H,24,28)/t19-/m1/s1. The smallest absolute Gasteiger partial charge is 0.225 e. The van der Waals surface area contributed by atoms with Gasteiger partial charge in [0.25, 0.3) is 0 Å². The summed E-state index contributed by atoms with van der Waals surface area (Å²) in [5.74, 6) is 0.194. The largest absolute Gasteiger partial charge is 0.354 e. The third-order valence-corrected chi connectivity index (χ3v) is 5.75. The zero-order valence-corrected chi connectivity index (χ0v) is 16.5. The molecule has 2 aliphatic rings. The Kier molecular flexibility index (Phi) is 7.46. The van der Waals surface area contributed by atoms with Gasteiger partial charge in [-0.1, -0.05) is 49.6 Å². The van der Waals surface area contributed by atoms with Crippen LogP contribution in [0, 0.1) is 11.8 Å². The monoisotopic (exact) mass is 385 g/mol. The van der Waals surface area contributed by atoms with Gasteiger partial charge in [-0.05, 0) is 24.3 Å². The summed E-state index contributed by atoms with van der Waals surface area (Å²) < 4.78 is 0. The number of carbonyl (C=O) groups excluding carboxylic acids is 3. The van der Waals surface area contributed by atoms with E-state index in [0.717, 1.165) is 18.4 Å². The third-order valence-electron chi connectivity index (χ3n) is 5.75. The number of hydrogen-bond donors (Lipinski definition) is 2. The van der Waals surface area contributed by atoms with Crippen LogP contribution in [0.3, 0.4) is 0 Å². The van der Waals surface area contributed by atoms with Crippen LogP contribution in [0.5, 0.6) is 0 Å². The van der Waals surface area contributed by atoms with E-state index >= 15 is 0 Å². The van der Waals surface area contributed by atoms with E-state index in [1.807, 2.05) is 30.3 Å². The van der Waals surface area contributed by atoms with Crippen molar-refractivity contribution in [1.82, 2.24) is 15.5 Å². The van der Waals surface area contributed by atoms with E-state index in [4.69, 9.17) is 0 Å². The second-order valence-electron chi connectivity index (χ2n) is 8.01. The summed E-state index contributed by atoms with van der Waals surface area (Å²) in [5.41, 5.74) is 1.07. The molecule has 2 fully saturated rings. The summed E-state index contributed by atoms with van der Waals surface area (Å²) in [6.07, 6.45) is 6.91. The van der Waals surface area contributed by atoms with Crippen molar-refractivity contribution in [1.29, 1.82) is 0 Å². The Labute approximate surface area is 167 Å². The molecule has 152 valence electrons. The molecule has 1 heterocycles. The van der Waals surface area contributed by atoms with Crippen molar-refractivity contribution in [3.05, 3.63) is 35.9 Å². The van der Waals surface area contributed by atoms with Crippen LogP contribution in [0.2, 0.25) is 0 Å². The summed E-state index contributed by atoms with van der Waals surface area (Å²) in [6, 6.07) is 9.80. The number of rotatable bonds is 8. The van der Waals surface area contributed by atoms with Crippen LogP contribution >= 0.6 is 0 Å². The highest BCUT2D eigenvalue weighted by atomic mass is 16.2. The van der Waals surface area contributed by atoms with Gasteiger partial charge >= 0.3 is 0 Å². The van der Waals surface area contributed by atoms with E-state index in [0.29, 0.717) is 38.5 Å². The number of hydrogen-bond acceptors (Lipinski definition) is 3. The average molecular weight is 386 g/mol. The lowest BCUT2D eigenvalue weighted by Gasteiger charge is -2.20. The van der Waals surface area contributed by atoms with Crippen LogP contribution in [0.25, 0.3) is 0 Å². The molecule has 0 unspecified atom stereocenters. The molecule has 3 rings (SSSR count). The molecule has 1 aromatic rings. The number of amides is 3. The summed E-state index contributed by atoms with van der Waals surface area (Å²) in [6.45, 7) is 1.83. The normalized spacial score (nSPS) is 20.2. The van der Waals surface area contributed by atoms with Crippen molar-refractivity contribution in [2.45, 2.75) is 51.5 Å². The quantitative estimate of drug-likeness (QED) is 0.674. The molecule has 0 spiro atoms. The van der Waals surface area contributed by atoms with Gasteiger partial charge in [-0.3, -0.25) is 14.4 Å². The maximum Gasteiger partial charge on any atom is 0.225 e. The molecule has 3 amide bonds. The fraction of sp³-hybridized carbons (Fsp3) is 0.591. The van der Waals surface area contributed by atoms with Gasteiger partial charge in [-0.2, -0.15) is 0 Å². The van der Waals surface area contributed by atoms with Crippen molar-refractivity contribution in [2.24, 2.45) is 11.8 Å². The summed E-state index contributed by atoms with van der Waals surface area (Å²) in [5, 5.41) is 5.75. The van der Waals surface area contributed by atoms with E-state index in [-0.39, 0.29) is 30.1 Å². The summed E-state index contributed by atoms with van der Waals surface area (Å²) >= 11 is 0. The SMILES string of the molecule is O=C(CC1CCCCC1)NCCNC(=O)[C@@H]1CC(=O)N(Cc2ccccc2)C1. The minimum Gasteiger partial charge on any atom is -0.354 e. The van der Waals surface area contributed by atoms with E-state index < -0.39 is 0 Å². The van der Waals surface area contributed by atoms with Crippen molar-refractivity contribution in [2.75, 3.05) is 19.6 Å². The molecule has 1 atom stereocenters. The number of benzene rings is 1. The molecule has 0 bridgehead atoms. The van der Waals surface area contributed by atoms with Gasteiger partial charge < -0.3 is 15.5 Å². The predicted octanol–water partition coefficient (Wildman–Crippen LogP) is 2.24. The second kappa shape index (κ2) is 10.2. The van der Waals surface area contributed by atoms with Gasteiger partial charge in [0.05, 0.1) is 5.92 Å². The first-order chi connectivity index (χ1) is 13.6. The first-order valence-corrected chi connectivity index (χ1v) is 10.5. The van der Waals surface area contributed by atoms with Crippen molar-refractivity contribution in [3.8, 4) is 0 Å². The first-order valence-electron chi connectivity index (χ1n) is 10.5. The molecular weight excluding hydrogens is 354 g/mol. The molecule has 1 aliphatic carbocycles. The first kappa shape index (κ1) is 20.4. The van der Waals surface area contributed by atoms with Crippen LogP contribution in [0.4, 0.5) is 0 Å². The van der Waals surface area contributed by atoms with E-state index in [2.05, 4.69) is 10.6 Å². The zero-order chi connectivity index (χ0) is 19.8. The fourth-order valence-electron chi connectivity index (χ4n) is 4.16. The van der Waals surface area contributed by atoms with E-state index in [1.54, 1.807) is 4.90 Å². The fourth-order valence-corrected chi connectivity index (χ4v) is 4.16. The zero-order valence-electron chi connectivity index (χ0n) is 16.5. The van der Waals surface area contributed by atoms with E-state index in [9.17, 15) is 14.4 Å². The van der Waals surface area contributed by atoms with Gasteiger partial charge in [0.1, 0.15) is 0 Å². The Morgan fingerprint density at radius 1 is 1.00 bits per heavy atom. The summed E-state index contributed by atoms with van der Waals surface area (Å²) in [4.78, 5) is 38.3. The molecule has 6 heteroatoms. The minimum absolute atomic E-state index is 0.0183. The molecular formula is C22H31N3O3. The minimum atomic E-state index is -0.311. The maximum absolute atomic E-state index is 12.3. The average Bonchev–Trinajstić information content (AvgIpc) is 3.07. The number of carbonyl (C=O) groups is 3. The Bertz CT molecular complexity index is 671. The number of nitrogens with zero attached hydrogens (tertiary/aromatic N) is 1. The molecule has 1 saturated carbocycles. The maximum atomic E-state index is 12.3.